The molecule has 0 radical (unpaired) electrons. The van der Waals surface area contributed by atoms with Gasteiger partial charge in [-0.1, -0.05) is 29.8 Å². The summed E-state index contributed by atoms with van der Waals surface area (Å²) in [7, 11) is 0. The fourth-order valence-electron chi connectivity index (χ4n) is 2.20. The number of aryl methyl sites for hydroxylation is 1. The average molecular weight is 372 g/mol. The summed E-state index contributed by atoms with van der Waals surface area (Å²) < 4.78 is 5.44. The van der Waals surface area contributed by atoms with Crippen molar-refractivity contribution < 1.29 is 19.4 Å². The molecule has 0 fully saturated rings. The highest BCUT2D eigenvalue weighted by Crippen LogP contribution is 2.10. The predicted octanol–water partition coefficient (Wildman–Crippen LogP) is 3.23. The van der Waals surface area contributed by atoms with Gasteiger partial charge in [-0.05, 0) is 50.3 Å². The molecule has 0 saturated carbocycles. The number of nitrogens with one attached hydrogen (secondary N) is 2. The molecule has 7 heteroatoms. The molecule has 136 valence electrons. The third-order valence-corrected chi connectivity index (χ3v) is 3.76. The number of carbonyl (C=O) groups is 2. The summed E-state index contributed by atoms with van der Waals surface area (Å²) in [5, 5.41) is 15.0. The summed E-state index contributed by atoms with van der Waals surface area (Å²) in [6.45, 7) is 3.89. The second-order valence-corrected chi connectivity index (χ2v) is 6.19. The molecule has 6 nitrogen and oxygen atoms in total. The van der Waals surface area contributed by atoms with Crippen molar-refractivity contribution in [2.45, 2.75) is 19.9 Å². The Bertz CT molecular complexity index is 805. The molecule has 1 amide bonds. The van der Waals surface area contributed by atoms with Crippen molar-refractivity contribution in [3.8, 4) is 0 Å². The van der Waals surface area contributed by atoms with E-state index in [0.717, 1.165) is 11.3 Å². The molecule has 0 aliphatic rings. The minimum Gasteiger partial charge on any atom is -0.478 e. The molecule has 2 aromatic rings. The molecule has 0 aliphatic carbocycles. The number of carboxylic acid groups (broad SMARTS) is 1. The molecule has 0 bridgehead atoms. The Labute approximate surface area is 157 Å². The van der Waals surface area contributed by atoms with Crippen LogP contribution < -0.4 is 10.6 Å². The zero-order valence-corrected chi connectivity index (χ0v) is 15.3. The monoisotopic (exact) mass is 372 g/mol. The second-order valence-electron chi connectivity index (χ2n) is 5.81. The lowest BCUT2D eigenvalue weighted by Gasteiger charge is -2.16. The lowest BCUT2D eigenvalue weighted by molar-refractivity contribution is 0.0690. The topological polar surface area (TPSA) is 87.7 Å². The average Bonchev–Trinajstić information content (AvgIpc) is 2.62. The van der Waals surface area contributed by atoms with Crippen LogP contribution in [0.5, 0.6) is 0 Å². The number of rotatable bonds is 6. The largest absolute Gasteiger partial charge is 0.478 e. The molecule has 2 aromatic carbocycles. The molecule has 0 heterocycles. The Morgan fingerprint density at radius 2 is 1.73 bits per heavy atom. The van der Waals surface area contributed by atoms with Crippen LogP contribution in [0, 0.1) is 6.92 Å². The first-order chi connectivity index (χ1) is 12.4. The van der Waals surface area contributed by atoms with E-state index in [4.69, 9.17) is 22.1 Å². The van der Waals surface area contributed by atoms with Crippen LogP contribution in [0.2, 0.25) is 0 Å². The van der Waals surface area contributed by atoms with Gasteiger partial charge in [-0.15, -0.1) is 0 Å². The van der Waals surface area contributed by atoms with Crippen molar-refractivity contribution >= 4 is 35.0 Å². The Balaban J connectivity index is 1.85. The molecular formula is C19H20N2O4S. The second kappa shape index (κ2) is 8.96. The maximum Gasteiger partial charge on any atom is 0.336 e. The quantitative estimate of drug-likeness (QED) is 0.675. The maximum absolute atomic E-state index is 12.3. The van der Waals surface area contributed by atoms with E-state index >= 15 is 0 Å². The molecule has 0 spiro atoms. The van der Waals surface area contributed by atoms with Gasteiger partial charge in [-0.25, -0.2) is 4.79 Å². The number of amides is 1. The van der Waals surface area contributed by atoms with Gasteiger partial charge in [-0.2, -0.15) is 0 Å². The summed E-state index contributed by atoms with van der Waals surface area (Å²) >= 11 is 5.13. The summed E-state index contributed by atoms with van der Waals surface area (Å²) in [6.07, 6.45) is 0. The van der Waals surface area contributed by atoms with Crippen molar-refractivity contribution in [2.24, 2.45) is 0 Å². The predicted molar refractivity (Wildman–Crippen MR) is 104 cm³/mol. The zero-order valence-electron chi connectivity index (χ0n) is 14.5. The van der Waals surface area contributed by atoms with Crippen molar-refractivity contribution in [1.82, 2.24) is 5.32 Å². The van der Waals surface area contributed by atoms with Gasteiger partial charge in [0.15, 0.2) is 0 Å². The van der Waals surface area contributed by atoms with Crippen LogP contribution in [0.1, 0.15) is 33.2 Å². The minimum absolute atomic E-state index is 0.0466. The zero-order chi connectivity index (χ0) is 19.1. The van der Waals surface area contributed by atoms with Crippen LogP contribution in [0.3, 0.4) is 0 Å². The Morgan fingerprint density at radius 1 is 1.12 bits per heavy atom. The Kier molecular flexibility index (Phi) is 6.68. The molecule has 0 saturated heterocycles. The van der Waals surface area contributed by atoms with Crippen molar-refractivity contribution in [2.75, 3.05) is 11.9 Å². The van der Waals surface area contributed by atoms with Crippen LogP contribution in [0.15, 0.2) is 48.5 Å². The van der Waals surface area contributed by atoms with Crippen LogP contribution in [-0.4, -0.2) is 34.8 Å². The first-order valence-electron chi connectivity index (χ1n) is 8.00. The van der Waals surface area contributed by atoms with Crippen LogP contribution in [-0.2, 0) is 4.74 Å². The number of thiocarbonyl (C=S) groups is 1. The lowest BCUT2D eigenvalue weighted by Crippen LogP contribution is -2.37. The normalized spacial score (nSPS) is 11.3. The molecule has 3 N–H and O–H groups in total. The number of ether oxygens (including phenoxy) is 1. The summed E-state index contributed by atoms with van der Waals surface area (Å²) in [6, 6.07) is 13.4. The van der Waals surface area contributed by atoms with Crippen molar-refractivity contribution in [3.63, 3.8) is 0 Å². The number of carboxylic acids is 1. The van der Waals surface area contributed by atoms with E-state index in [-0.39, 0.29) is 29.0 Å². The molecule has 2 rings (SSSR count). The number of anilines is 1. The molecular weight excluding hydrogens is 352 g/mol. The van der Waals surface area contributed by atoms with Gasteiger partial charge in [0.05, 0.1) is 17.2 Å². The fourth-order valence-corrected chi connectivity index (χ4v) is 2.39. The SMILES string of the molecule is Cc1ccc(NC(=S)OC[C@@H](C)NC(=O)c2ccccc2C(=O)O)cc1. The van der Waals surface area contributed by atoms with E-state index in [1.54, 1.807) is 19.1 Å². The smallest absolute Gasteiger partial charge is 0.336 e. The number of hydrogen-bond acceptors (Lipinski definition) is 4. The highest BCUT2D eigenvalue weighted by Gasteiger charge is 2.17. The minimum atomic E-state index is -1.15. The van der Waals surface area contributed by atoms with Crippen LogP contribution in [0.4, 0.5) is 5.69 Å². The first kappa shape index (κ1) is 19.4. The molecule has 26 heavy (non-hydrogen) atoms. The van der Waals surface area contributed by atoms with Crippen molar-refractivity contribution in [1.29, 1.82) is 0 Å². The summed E-state index contributed by atoms with van der Waals surface area (Å²) in [5.41, 5.74) is 2.01. The van der Waals surface area contributed by atoms with Gasteiger partial charge in [0, 0.05) is 5.69 Å². The van der Waals surface area contributed by atoms with Gasteiger partial charge in [0.2, 0.25) is 0 Å². The fraction of sp³-hybridized carbons (Fsp3) is 0.211. The van der Waals surface area contributed by atoms with E-state index in [1.165, 1.54) is 12.1 Å². The lowest BCUT2D eigenvalue weighted by atomic mass is 10.1. The molecule has 0 aromatic heterocycles. The Hall–Kier alpha value is -2.93. The third-order valence-electron chi connectivity index (χ3n) is 3.54. The van der Waals surface area contributed by atoms with Crippen LogP contribution >= 0.6 is 12.2 Å². The molecule has 0 aliphatic heterocycles. The highest BCUT2D eigenvalue weighted by molar-refractivity contribution is 7.80. The van der Waals surface area contributed by atoms with E-state index in [1.807, 2.05) is 31.2 Å². The van der Waals surface area contributed by atoms with Gasteiger partial charge in [-0.3, -0.25) is 4.79 Å². The van der Waals surface area contributed by atoms with Gasteiger partial charge < -0.3 is 20.5 Å². The summed E-state index contributed by atoms with van der Waals surface area (Å²) in [4.78, 5) is 23.5. The first-order valence-corrected chi connectivity index (χ1v) is 8.41. The van der Waals surface area contributed by atoms with Crippen LogP contribution in [0.25, 0.3) is 0 Å². The third kappa shape index (κ3) is 5.56. The van der Waals surface area contributed by atoms with Gasteiger partial charge >= 0.3 is 5.97 Å². The van der Waals surface area contributed by atoms with E-state index in [0.29, 0.717) is 0 Å². The standard InChI is InChI=1S/C19H20N2O4S/c1-12-7-9-14(10-8-12)21-19(26)25-11-13(2)20-17(22)15-5-3-4-6-16(15)18(23)24/h3-10,13H,11H2,1-2H3,(H,20,22)(H,21,26)(H,23,24)/t13-/m1/s1. The maximum atomic E-state index is 12.3. The highest BCUT2D eigenvalue weighted by atomic mass is 32.1. The summed E-state index contributed by atoms with van der Waals surface area (Å²) in [5.74, 6) is -1.63. The number of aromatic carboxylic acids is 1. The number of benzene rings is 2. The Morgan fingerprint density at radius 3 is 2.35 bits per heavy atom. The number of hydrogen-bond donors (Lipinski definition) is 3. The van der Waals surface area contributed by atoms with Gasteiger partial charge in [0.25, 0.3) is 11.1 Å². The van der Waals surface area contributed by atoms with E-state index in [2.05, 4.69) is 10.6 Å². The van der Waals surface area contributed by atoms with Crippen molar-refractivity contribution in [3.05, 3.63) is 65.2 Å². The van der Waals surface area contributed by atoms with E-state index in [9.17, 15) is 9.59 Å². The van der Waals surface area contributed by atoms with Gasteiger partial charge in [0.1, 0.15) is 6.61 Å². The number of carbonyl (C=O) groups excluding carboxylic acids is 1. The van der Waals surface area contributed by atoms with E-state index < -0.39 is 11.9 Å². The molecule has 0 unspecified atom stereocenters. The molecule has 1 atom stereocenters.